The van der Waals surface area contributed by atoms with E-state index < -0.39 is 5.97 Å². The molecule has 0 aliphatic carbocycles. The predicted molar refractivity (Wildman–Crippen MR) is 125 cm³/mol. The van der Waals surface area contributed by atoms with Crippen LogP contribution in [0, 0.1) is 0 Å². The van der Waals surface area contributed by atoms with E-state index in [1.165, 1.54) is 89.9 Å². The van der Waals surface area contributed by atoms with Gasteiger partial charge in [-0.05, 0) is 51.6 Å². The molecule has 0 radical (unpaired) electrons. The maximum Gasteiger partial charge on any atom is 1.00 e. The van der Waals surface area contributed by atoms with Crippen LogP contribution in [0.5, 0.6) is 0 Å². The summed E-state index contributed by atoms with van der Waals surface area (Å²) in [5.74, 6) is -0.941. The third-order valence-electron chi connectivity index (χ3n) is 5.62. The van der Waals surface area contributed by atoms with Crippen LogP contribution < -0.4 is 24.0 Å². The van der Waals surface area contributed by atoms with Crippen molar-refractivity contribution < 1.29 is 28.8 Å². The maximum atomic E-state index is 11.0. The van der Waals surface area contributed by atoms with Crippen molar-refractivity contribution in [2.45, 2.75) is 116 Å². The van der Waals surface area contributed by atoms with Gasteiger partial charge >= 0.3 is 18.9 Å². The predicted octanol–water partition coefficient (Wildman–Crippen LogP) is 3.44. The molecule has 0 bridgehead atoms. The van der Waals surface area contributed by atoms with Crippen molar-refractivity contribution in [3.05, 3.63) is 25.3 Å². The zero-order valence-corrected chi connectivity index (χ0v) is 20.2. The second-order valence-electron chi connectivity index (χ2n) is 8.46. The van der Waals surface area contributed by atoms with Gasteiger partial charge in [0, 0.05) is 6.54 Å². The molecule has 0 aromatic heterocycles. The first-order valence-electron chi connectivity index (χ1n) is 12.3. The maximum absolute atomic E-state index is 11.0. The van der Waals surface area contributed by atoms with Gasteiger partial charge in [0.1, 0.15) is 0 Å². The molecule has 0 spiro atoms. The number of carbonyl (C=O) groups is 1. The summed E-state index contributed by atoms with van der Waals surface area (Å²) in [6, 6.07) is 0. The van der Waals surface area contributed by atoms with E-state index in [0.717, 1.165) is 38.8 Å². The van der Waals surface area contributed by atoms with Crippen LogP contribution in [0.1, 0.15) is 116 Å². The summed E-state index contributed by atoms with van der Waals surface area (Å²) < 4.78 is 0. The van der Waals surface area contributed by atoms with Crippen LogP contribution in [0.4, 0.5) is 0 Å². The number of unbranched alkanes of at least 4 members (excludes halogenated alkanes) is 16. The molecule has 0 aliphatic heterocycles. The molecule has 3 nitrogen and oxygen atoms in total. The van der Waals surface area contributed by atoms with Crippen molar-refractivity contribution in [2.24, 2.45) is 0 Å². The molecule has 0 heterocycles. The van der Waals surface area contributed by atoms with Gasteiger partial charge in [0.25, 0.3) is 0 Å². The Kier molecular flexibility index (Phi) is 28.0. The van der Waals surface area contributed by atoms with E-state index in [0.29, 0.717) is 0 Å². The average Bonchev–Trinajstić information content (AvgIpc) is 2.70. The fourth-order valence-electron chi connectivity index (χ4n) is 3.82. The van der Waals surface area contributed by atoms with E-state index in [9.17, 15) is 9.90 Å². The van der Waals surface area contributed by atoms with Gasteiger partial charge in [-0.25, -0.2) is 0 Å². The largest absolute Gasteiger partial charge is 1.00 e. The molecule has 0 N–H and O–H groups in total. The van der Waals surface area contributed by atoms with Crippen LogP contribution >= 0.6 is 0 Å². The van der Waals surface area contributed by atoms with Gasteiger partial charge in [-0.1, -0.05) is 89.2 Å². The molecule has 0 rings (SSSR count). The molecule has 0 saturated heterocycles. The number of carboxylic acids is 1. The van der Waals surface area contributed by atoms with Crippen molar-refractivity contribution in [2.75, 3.05) is 19.6 Å². The Bertz CT molecular complexity index is 359. The van der Waals surface area contributed by atoms with E-state index >= 15 is 0 Å². The van der Waals surface area contributed by atoms with Crippen LogP contribution in [0.2, 0.25) is 0 Å². The van der Waals surface area contributed by atoms with Crippen molar-refractivity contribution in [3.8, 4) is 0 Å². The molecule has 0 aromatic carbocycles. The number of carboxylic acid groups (broad SMARTS) is 1. The van der Waals surface area contributed by atoms with Gasteiger partial charge in [0.15, 0.2) is 0 Å². The Balaban J connectivity index is 0. The number of allylic oxidation sites excluding steroid dienone is 2. The molecular formula is C26H48LiNO2. The SMILES string of the molecule is C=CCCCCCCCCCCN(CCCCCCCCCCC=C)CC(=O)[O-].[Li+]. The third kappa shape index (κ3) is 25.5. The van der Waals surface area contributed by atoms with Crippen LogP contribution in [0.15, 0.2) is 25.3 Å². The number of rotatable bonds is 24. The molecule has 30 heavy (non-hydrogen) atoms. The quantitative estimate of drug-likeness (QED) is 0.138. The van der Waals surface area contributed by atoms with E-state index in [4.69, 9.17) is 0 Å². The van der Waals surface area contributed by atoms with Gasteiger partial charge in [0.2, 0.25) is 0 Å². The molecular weight excluding hydrogens is 365 g/mol. The summed E-state index contributed by atoms with van der Waals surface area (Å²) in [5, 5.41) is 11.0. The van der Waals surface area contributed by atoms with Crippen molar-refractivity contribution in [1.82, 2.24) is 4.90 Å². The number of nitrogens with zero attached hydrogens (tertiary/aromatic N) is 1. The average molecular weight is 414 g/mol. The summed E-state index contributed by atoms with van der Waals surface area (Å²) in [4.78, 5) is 13.1. The van der Waals surface area contributed by atoms with Crippen molar-refractivity contribution in [1.29, 1.82) is 0 Å². The zero-order valence-electron chi connectivity index (χ0n) is 20.2. The zero-order chi connectivity index (χ0) is 21.4. The molecule has 0 atom stereocenters. The molecule has 0 amide bonds. The van der Waals surface area contributed by atoms with E-state index in [1.807, 2.05) is 12.2 Å². The fraction of sp³-hybridized carbons (Fsp3) is 0.808. The second kappa shape index (κ2) is 26.5. The van der Waals surface area contributed by atoms with Crippen LogP contribution in [0.25, 0.3) is 0 Å². The Morgan fingerprint density at radius 2 is 0.900 bits per heavy atom. The van der Waals surface area contributed by atoms with Gasteiger partial charge < -0.3 is 9.90 Å². The first-order valence-corrected chi connectivity index (χ1v) is 12.3. The molecule has 0 fully saturated rings. The van der Waals surface area contributed by atoms with Crippen LogP contribution in [-0.2, 0) is 4.79 Å². The number of aliphatic carboxylic acids is 1. The van der Waals surface area contributed by atoms with Crippen molar-refractivity contribution in [3.63, 3.8) is 0 Å². The Labute approximate surface area is 199 Å². The Hall–Kier alpha value is -0.493. The first kappa shape index (κ1) is 31.7. The van der Waals surface area contributed by atoms with Gasteiger partial charge in [-0.2, -0.15) is 0 Å². The number of hydrogen-bond donors (Lipinski definition) is 0. The van der Waals surface area contributed by atoms with Crippen molar-refractivity contribution >= 4 is 5.97 Å². The van der Waals surface area contributed by atoms with Crippen LogP contribution in [0.3, 0.4) is 0 Å². The number of carbonyl (C=O) groups excluding carboxylic acids is 1. The summed E-state index contributed by atoms with van der Waals surface area (Å²) in [7, 11) is 0. The smallest absolute Gasteiger partial charge is 0.549 e. The molecule has 0 aliphatic rings. The Morgan fingerprint density at radius 1 is 0.600 bits per heavy atom. The summed E-state index contributed by atoms with van der Waals surface area (Å²) in [5.41, 5.74) is 0. The molecule has 4 heteroatoms. The van der Waals surface area contributed by atoms with E-state index in [-0.39, 0.29) is 25.4 Å². The minimum atomic E-state index is -0.941. The summed E-state index contributed by atoms with van der Waals surface area (Å²) in [6.45, 7) is 9.41. The topological polar surface area (TPSA) is 43.4 Å². The summed E-state index contributed by atoms with van der Waals surface area (Å²) in [6.07, 6.45) is 26.6. The summed E-state index contributed by atoms with van der Waals surface area (Å²) >= 11 is 0. The first-order chi connectivity index (χ1) is 14.2. The molecule has 0 unspecified atom stereocenters. The second-order valence-corrected chi connectivity index (χ2v) is 8.46. The molecule has 170 valence electrons. The van der Waals surface area contributed by atoms with Crippen LogP contribution in [-0.4, -0.2) is 30.5 Å². The molecule has 0 aromatic rings. The van der Waals surface area contributed by atoms with Gasteiger partial charge in [0.05, 0.1) is 5.97 Å². The van der Waals surface area contributed by atoms with E-state index in [1.54, 1.807) is 0 Å². The standard InChI is InChI=1S/C26H49NO2.Li/c1-3-5-7-9-11-13-15-17-19-21-23-27(25-26(28)29)24-22-20-18-16-14-12-10-8-6-4-2;/h3-4H,1-2,5-25H2,(H,28,29);/q;+1/p-1. The minimum Gasteiger partial charge on any atom is -0.549 e. The third-order valence-corrected chi connectivity index (χ3v) is 5.62. The Morgan fingerprint density at radius 3 is 1.20 bits per heavy atom. The fourth-order valence-corrected chi connectivity index (χ4v) is 3.82. The normalized spacial score (nSPS) is 10.7. The van der Waals surface area contributed by atoms with E-state index in [2.05, 4.69) is 18.1 Å². The minimum absolute atomic E-state index is 0. The monoisotopic (exact) mass is 413 g/mol. The van der Waals surface area contributed by atoms with Gasteiger partial charge in [-0.3, -0.25) is 4.90 Å². The molecule has 0 saturated carbocycles. The number of hydrogen-bond acceptors (Lipinski definition) is 3. The van der Waals surface area contributed by atoms with Gasteiger partial charge in [-0.15, -0.1) is 13.2 Å².